The number of aryl methyl sites for hydroxylation is 1. The van der Waals surface area contributed by atoms with Crippen LogP contribution in [0.15, 0.2) is 41.0 Å². The second-order valence-corrected chi connectivity index (χ2v) is 6.50. The van der Waals surface area contributed by atoms with Crippen molar-refractivity contribution in [2.75, 3.05) is 33.3 Å². The van der Waals surface area contributed by atoms with Crippen molar-refractivity contribution < 1.29 is 18.7 Å². The number of methoxy groups -OCH3 is 1. The Balaban J connectivity index is 1.63. The van der Waals surface area contributed by atoms with Crippen LogP contribution in [0.3, 0.4) is 0 Å². The summed E-state index contributed by atoms with van der Waals surface area (Å²) in [5, 5.41) is 0. The number of hydrogen-bond acceptors (Lipinski definition) is 4. The van der Waals surface area contributed by atoms with Crippen LogP contribution in [0.5, 0.6) is 5.75 Å². The molecule has 0 atom stereocenters. The van der Waals surface area contributed by atoms with Crippen LogP contribution < -0.4 is 4.74 Å². The molecule has 1 aromatic carbocycles. The Labute approximate surface area is 153 Å². The largest absolute Gasteiger partial charge is 0.496 e. The van der Waals surface area contributed by atoms with E-state index in [1.807, 2.05) is 30.0 Å². The molecule has 1 aliphatic rings. The van der Waals surface area contributed by atoms with Gasteiger partial charge < -0.3 is 19.0 Å². The van der Waals surface area contributed by atoms with Gasteiger partial charge in [0, 0.05) is 31.7 Å². The van der Waals surface area contributed by atoms with E-state index in [9.17, 15) is 9.59 Å². The third kappa shape index (κ3) is 4.07. The molecule has 1 saturated heterocycles. The molecule has 2 heterocycles. The molecule has 6 heteroatoms. The van der Waals surface area contributed by atoms with Crippen LogP contribution in [-0.2, 0) is 11.2 Å². The van der Waals surface area contributed by atoms with E-state index in [4.69, 9.17) is 9.15 Å². The summed E-state index contributed by atoms with van der Waals surface area (Å²) in [6.45, 7) is 4.30. The van der Waals surface area contributed by atoms with E-state index in [0.29, 0.717) is 38.4 Å². The number of furan rings is 1. The standard InChI is InChI=1S/C20H24N2O4/c1-15-6-7-17(25-2)16(13-15)14-19(23)21-8-4-9-22(11-10-21)20(24)18-5-3-12-26-18/h3,5-7,12-13H,4,8-11,14H2,1-2H3. The van der Waals surface area contributed by atoms with Gasteiger partial charge in [0.2, 0.25) is 5.91 Å². The fourth-order valence-electron chi connectivity index (χ4n) is 3.25. The molecular weight excluding hydrogens is 332 g/mol. The lowest BCUT2D eigenvalue weighted by molar-refractivity contribution is -0.130. The lowest BCUT2D eigenvalue weighted by atomic mass is 10.1. The van der Waals surface area contributed by atoms with E-state index in [2.05, 4.69) is 0 Å². The first-order valence-corrected chi connectivity index (χ1v) is 8.82. The molecule has 2 aromatic rings. The summed E-state index contributed by atoms with van der Waals surface area (Å²) in [6.07, 6.45) is 2.55. The van der Waals surface area contributed by atoms with Crippen molar-refractivity contribution in [1.29, 1.82) is 0 Å². The Morgan fingerprint density at radius 2 is 1.88 bits per heavy atom. The Morgan fingerprint density at radius 3 is 2.62 bits per heavy atom. The molecule has 1 fully saturated rings. The summed E-state index contributed by atoms with van der Waals surface area (Å²) in [7, 11) is 1.61. The molecule has 26 heavy (non-hydrogen) atoms. The molecule has 0 unspecified atom stereocenters. The lowest BCUT2D eigenvalue weighted by Gasteiger charge is -2.22. The van der Waals surface area contributed by atoms with Crippen molar-refractivity contribution in [2.45, 2.75) is 19.8 Å². The molecule has 0 N–H and O–H groups in total. The number of rotatable bonds is 4. The highest BCUT2D eigenvalue weighted by Crippen LogP contribution is 2.21. The van der Waals surface area contributed by atoms with Crippen LogP contribution in [0.1, 0.15) is 28.1 Å². The van der Waals surface area contributed by atoms with Gasteiger partial charge in [0.1, 0.15) is 5.75 Å². The van der Waals surface area contributed by atoms with Gasteiger partial charge in [-0.05, 0) is 31.5 Å². The van der Waals surface area contributed by atoms with Crippen molar-refractivity contribution in [3.8, 4) is 5.75 Å². The summed E-state index contributed by atoms with van der Waals surface area (Å²) in [5.74, 6) is 1.01. The molecule has 0 saturated carbocycles. The second kappa shape index (κ2) is 8.08. The van der Waals surface area contributed by atoms with Crippen LogP contribution in [0, 0.1) is 6.92 Å². The van der Waals surface area contributed by atoms with Crippen LogP contribution >= 0.6 is 0 Å². The molecule has 1 aliphatic heterocycles. The van der Waals surface area contributed by atoms with Crippen LogP contribution in [-0.4, -0.2) is 54.9 Å². The average molecular weight is 356 g/mol. The number of carbonyl (C=O) groups excluding carboxylic acids is 2. The van der Waals surface area contributed by atoms with Gasteiger partial charge in [-0.1, -0.05) is 17.7 Å². The van der Waals surface area contributed by atoms with E-state index in [1.165, 1.54) is 6.26 Å². The zero-order valence-electron chi connectivity index (χ0n) is 15.2. The minimum absolute atomic E-state index is 0.0567. The van der Waals surface area contributed by atoms with Gasteiger partial charge in [0.25, 0.3) is 5.91 Å². The molecule has 0 bridgehead atoms. The topological polar surface area (TPSA) is 63.0 Å². The first kappa shape index (κ1) is 18.0. The monoisotopic (exact) mass is 356 g/mol. The van der Waals surface area contributed by atoms with E-state index in [1.54, 1.807) is 24.1 Å². The first-order chi connectivity index (χ1) is 12.6. The molecule has 6 nitrogen and oxygen atoms in total. The SMILES string of the molecule is COc1ccc(C)cc1CC(=O)N1CCCN(C(=O)c2ccco2)CC1. The molecule has 1 aromatic heterocycles. The molecule has 0 aliphatic carbocycles. The number of carbonyl (C=O) groups is 2. The van der Waals surface area contributed by atoms with Crippen molar-refractivity contribution in [3.05, 3.63) is 53.5 Å². The average Bonchev–Trinajstić information content (AvgIpc) is 3.05. The molecule has 0 spiro atoms. The maximum absolute atomic E-state index is 12.8. The summed E-state index contributed by atoms with van der Waals surface area (Å²) in [6, 6.07) is 9.22. The second-order valence-electron chi connectivity index (χ2n) is 6.50. The predicted octanol–water partition coefficient (Wildman–Crippen LogP) is 2.51. The first-order valence-electron chi connectivity index (χ1n) is 8.82. The quantitative estimate of drug-likeness (QED) is 0.844. The van der Waals surface area contributed by atoms with Crippen LogP contribution in [0.2, 0.25) is 0 Å². The third-order valence-corrected chi connectivity index (χ3v) is 4.65. The Kier molecular flexibility index (Phi) is 5.61. The number of benzene rings is 1. The van der Waals surface area contributed by atoms with E-state index in [-0.39, 0.29) is 11.8 Å². The molecule has 3 rings (SSSR count). The maximum atomic E-state index is 12.8. The Bertz CT molecular complexity index is 770. The minimum atomic E-state index is -0.121. The third-order valence-electron chi connectivity index (χ3n) is 4.65. The highest BCUT2D eigenvalue weighted by Gasteiger charge is 2.24. The van der Waals surface area contributed by atoms with Gasteiger partial charge in [0.15, 0.2) is 5.76 Å². The van der Waals surface area contributed by atoms with Crippen LogP contribution in [0.25, 0.3) is 0 Å². The summed E-state index contributed by atoms with van der Waals surface area (Å²) < 4.78 is 10.6. The summed E-state index contributed by atoms with van der Waals surface area (Å²) in [4.78, 5) is 28.7. The fourth-order valence-corrected chi connectivity index (χ4v) is 3.25. The highest BCUT2D eigenvalue weighted by molar-refractivity contribution is 5.91. The predicted molar refractivity (Wildman–Crippen MR) is 97.2 cm³/mol. The Hall–Kier alpha value is -2.76. The smallest absolute Gasteiger partial charge is 0.289 e. The summed E-state index contributed by atoms with van der Waals surface area (Å²) in [5.41, 5.74) is 1.99. The van der Waals surface area contributed by atoms with Crippen molar-refractivity contribution in [1.82, 2.24) is 9.80 Å². The van der Waals surface area contributed by atoms with Gasteiger partial charge >= 0.3 is 0 Å². The van der Waals surface area contributed by atoms with Crippen LogP contribution in [0.4, 0.5) is 0 Å². The number of amides is 2. The molecule has 2 amide bonds. The zero-order chi connectivity index (χ0) is 18.5. The van der Waals surface area contributed by atoms with E-state index in [0.717, 1.165) is 23.3 Å². The number of hydrogen-bond donors (Lipinski definition) is 0. The van der Waals surface area contributed by atoms with E-state index >= 15 is 0 Å². The fraction of sp³-hybridized carbons (Fsp3) is 0.400. The molecule has 0 radical (unpaired) electrons. The number of nitrogens with zero attached hydrogens (tertiary/aromatic N) is 2. The van der Waals surface area contributed by atoms with Gasteiger partial charge in [-0.25, -0.2) is 0 Å². The summed E-state index contributed by atoms with van der Waals surface area (Å²) >= 11 is 0. The van der Waals surface area contributed by atoms with Gasteiger partial charge in [-0.2, -0.15) is 0 Å². The maximum Gasteiger partial charge on any atom is 0.289 e. The minimum Gasteiger partial charge on any atom is -0.496 e. The van der Waals surface area contributed by atoms with E-state index < -0.39 is 0 Å². The van der Waals surface area contributed by atoms with Gasteiger partial charge in [0.05, 0.1) is 19.8 Å². The lowest BCUT2D eigenvalue weighted by Crippen LogP contribution is -2.37. The molecule has 138 valence electrons. The normalized spacial score (nSPS) is 14.8. The zero-order valence-corrected chi connectivity index (χ0v) is 15.2. The van der Waals surface area contributed by atoms with Crippen molar-refractivity contribution in [3.63, 3.8) is 0 Å². The number of ether oxygens (including phenoxy) is 1. The van der Waals surface area contributed by atoms with Gasteiger partial charge in [-0.3, -0.25) is 9.59 Å². The molecular formula is C20H24N2O4. The van der Waals surface area contributed by atoms with Crippen molar-refractivity contribution in [2.24, 2.45) is 0 Å². The van der Waals surface area contributed by atoms with Gasteiger partial charge in [-0.15, -0.1) is 0 Å². The van der Waals surface area contributed by atoms with Crippen molar-refractivity contribution >= 4 is 11.8 Å². The Morgan fingerprint density at radius 1 is 1.12 bits per heavy atom. The highest BCUT2D eigenvalue weighted by atomic mass is 16.5.